The predicted molar refractivity (Wildman–Crippen MR) is 127 cm³/mol. The van der Waals surface area contributed by atoms with Crippen molar-refractivity contribution < 1.29 is 33.7 Å². The lowest BCUT2D eigenvalue weighted by atomic mass is 9.98. The number of amides is 2. The van der Waals surface area contributed by atoms with E-state index in [4.69, 9.17) is 14.2 Å². The molecule has 35 heavy (non-hydrogen) atoms. The molecule has 9 nitrogen and oxygen atoms in total. The van der Waals surface area contributed by atoms with Crippen LogP contribution in [0.1, 0.15) is 36.3 Å². The molecule has 0 bridgehead atoms. The van der Waals surface area contributed by atoms with Gasteiger partial charge in [-0.1, -0.05) is 48.5 Å². The van der Waals surface area contributed by atoms with Crippen LogP contribution in [-0.4, -0.2) is 68.2 Å². The number of ether oxygens (including phenoxy) is 3. The predicted octanol–water partition coefficient (Wildman–Crippen LogP) is 2.68. The van der Waals surface area contributed by atoms with Gasteiger partial charge in [-0.15, -0.1) is 0 Å². The van der Waals surface area contributed by atoms with E-state index in [1.54, 1.807) is 7.11 Å². The number of fused-ring (bicyclic) bond motifs is 3. The Kier molecular flexibility index (Phi) is 7.99. The molecule has 1 heterocycles. The highest BCUT2D eigenvalue weighted by Crippen LogP contribution is 2.44. The van der Waals surface area contributed by atoms with Crippen LogP contribution in [0.5, 0.6) is 0 Å². The molecule has 3 N–H and O–H groups in total. The van der Waals surface area contributed by atoms with Gasteiger partial charge in [-0.05, 0) is 41.5 Å². The van der Waals surface area contributed by atoms with Crippen molar-refractivity contribution in [3.05, 3.63) is 59.7 Å². The van der Waals surface area contributed by atoms with Gasteiger partial charge in [-0.3, -0.25) is 4.79 Å². The molecule has 2 aliphatic rings. The summed E-state index contributed by atoms with van der Waals surface area (Å²) < 4.78 is 15.8. The molecule has 186 valence electrons. The molecule has 0 radical (unpaired) electrons. The summed E-state index contributed by atoms with van der Waals surface area (Å²) in [5, 5.41) is 14.6. The second kappa shape index (κ2) is 11.3. The van der Waals surface area contributed by atoms with Crippen LogP contribution in [0.4, 0.5) is 4.79 Å². The van der Waals surface area contributed by atoms with Crippen molar-refractivity contribution in [2.24, 2.45) is 0 Å². The van der Waals surface area contributed by atoms with Gasteiger partial charge >= 0.3 is 12.1 Å². The first-order chi connectivity index (χ1) is 17.0. The molecule has 1 fully saturated rings. The Balaban J connectivity index is 1.39. The van der Waals surface area contributed by atoms with E-state index >= 15 is 0 Å². The molecule has 1 aliphatic carbocycles. The van der Waals surface area contributed by atoms with Crippen molar-refractivity contribution in [2.45, 2.75) is 43.4 Å². The number of carboxylic acids is 1. The van der Waals surface area contributed by atoms with Gasteiger partial charge in [0.1, 0.15) is 12.6 Å². The first kappa shape index (κ1) is 24.7. The standard InChI is InChI=1S/C26H30N2O7/c1-33-13-6-11-22(24(29)27-21-12-14-34-23(21)25(30)31)28-26(32)35-15-20-18-9-4-2-7-16(18)17-8-3-5-10-19(17)20/h2-5,7-10,20-23H,6,11-15H2,1H3,(H,27,29)(H,28,32)(H,30,31)/t21-,22?,23+/m1/s1. The quantitative estimate of drug-likeness (QED) is 0.445. The molecule has 0 aromatic heterocycles. The molecule has 9 heteroatoms. The van der Waals surface area contributed by atoms with Crippen molar-refractivity contribution in [3.8, 4) is 11.1 Å². The van der Waals surface area contributed by atoms with Gasteiger partial charge in [0.25, 0.3) is 0 Å². The van der Waals surface area contributed by atoms with E-state index in [1.807, 2.05) is 36.4 Å². The number of rotatable bonds is 10. The summed E-state index contributed by atoms with van der Waals surface area (Å²) in [4.78, 5) is 37.0. The number of nitrogens with one attached hydrogen (secondary N) is 2. The summed E-state index contributed by atoms with van der Waals surface area (Å²) in [6, 6.07) is 14.5. The van der Waals surface area contributed by atoms with Gasteiger partial charge in [0, 0.05) is 26.2 Å². The van der Waals surface area contributed by atoms with Gasteiger partial charge in [0.15, 0.2) is 6.10 Å². The van der Waals surface area contributed by atoms with E-state index in [-0.39, 0.29) is 19.1 Å². The van der Waals surface area contributed by atoms with E-state index in [2.05, 4.69) is 22.8 Å². The maximum absolute atomic E-state index is 12.9. The van der Waals surface area contributed by atoms with Crippen molar-refractivity contribution in [1.82, 2.24) is 10.6 Å². The van der Waals surface area contributed by atoms with Gasteiger partial charge < -0.3 is 30.0 Å². The zero-order chi connectivity index (χ0) is 24.8. The highest BCUT2D eigenvalue weighted by Gasteiger charge is 2.37. The maximum Gasteiger partial charge on any atom is 0.407 e. The Bertz CT molecular complexity index is 1030. The normalized spacial score (nSPS) is 19.5. The summed E-state index contributed by atoms with van der Waals surface area (Å²) in [7, 11) is 1.56. The number of carbonyl (C=O) groups excluding carboxylic acids is 2. The number of alkyl carbamates (subject to hydrolysis) is 1. The van der Waals surface area contributed by atoms with E-state index in [0.717, 1.165) is 22.3 Å². The molecular weight excluding hydrogens is 452 g/mol. The number of methoxy groups -OCH3 is 1. The number of carbonyl (C=O) groups is 3. The maximum atomic E-state index is 12.9. The Labute approximate surface area is 203 Å². The van der Waals surface area contributed by atoms with Gasteiger partial charge in [0.2, 0.25) is 5.91 Å². The largest absolute Gasteiger partial charge is 0.479 e. The summed E-state index contributed by atoms with van der Waals surface area (Å²) in [6.45, 7) is 0.792. The monoisotopic (exact) mass is 482 g/mol. The Morgan fingerprint density at radius 1 is 1.09 bits per heavy atom. The van der Waals surface area contributed by atoms with Crippen LogP contribution in [0.25, 0.3) is 11.1 Å². The van der Waals surface area contributed by atoms with Crippen LogP contribution in [0.2, 0.25) is 0 Å². The fraction of sp³-hybridized carbons (Fsp3) is 0.423. The van der Waals surface area contributed by atoms with E-state index < -0.39 is 36.2 Å². The lowest BCUT2D eigenvalue weighted by molar-refractivity contribution is -0.148. The Morgan fingerprint density at radius 3 is 2.37 bits per heavy atom. The first-order valence-corrected chi connectivity index (χ1v) is 11.7. The van der Waals surface area contributed by atoms with Gasteiger partial charge in [-0.2, -0.15) is 0 Å². The molecule has 4 rings (SSSR count). The van der Waals surface area contributed by atoms with Crippen molar-refractivity contribution in [1.29, 1.82) is 0 Å². The molecule has 1 saturated heterocycles. The summed E-state index contributed by atoms with van der Waals surface area (Å²) in [6.07, 6.45) is -0.579. The fourth-order valence-electron chi connectivity index (χ4n) is 4.75. The van der Waals surface area contributed by atoms with Gasteiger partial charge in [0.05, 0.1) is 6.04 Å². The van der Waals surface area contributed by atoms with Crippen LogP contribution >= 0.6 is 0 Å². The summed E-state index contributed by atoms with van der Waals surface area (Å²) >= 11 is 0. The van der Waals surface area contributed by atoms with Crippen LogP contribution in [0.15, 0.2) is 48.5 Å². The number of hydrogen-bond donors (Lipinski definition) is 3. The second-order valence-corrected chi connectivity index (χ2v) is 8.69. The Hall–Kier alpha value is -3.43. The topological polar surface area (TPSA) is 123 Å². The molecule has 2 aromatic carbocycles. The number of aliphatic carboxylic acids is 1. The molecule has 2 aromatic rings. The summed E-state index contributed by atoms with van der Waals surface area (Å²) in [5.41, 5.74) is 4.44. The summed E-state index contributed by atoms with van der Waals surface area (Å²) in [5.74, 6) is -1.70. The first-order valence-electron chi connectivity index (χ1n) is 11.7. The zero-order valence-electron chi connectivity index (χ0n) is 19.6. The zero-order valence-corrected chi connectivity index (χ0v) is 19.6. The molecule has 0 spiro atoms. The highest BCUT2D eigenvalue weighted by molar-refractivity contribution is 5.87. The lowest BCUT2D eigenvalue weighted by Gasteiger charge is -2.23. The molecule has 0 saturated carbocycles. The third-order valence-electron chi connectivity index (χ3n) is 6.46. The lowest BCUT2D eigenvalue weighted by Crippen LogP contribution is -2.52. The molecule has 2 amide bonds. The number of benzene rings is 2. The van der Waals surface area contributed by atoms with E-state index in [9.17, 15) is 19.5 Å². The minimum absolute atomic E-state index is 0.0964. The van der Waals surface area contributed by atoms with Crippen molar-refractivity contribution >= 4 is 18.0 Å². The SMILES string of the molecule is COCCCC(NC(=O)OCC1c2ccccc2-c2ccccc21)C(=O)N[C@@H]1CCO[C@@H]1C(=O)O. The number of carboxylic acid groups (broad SMARTS) is 1. The molecule has 1 aliphatic heterocycles. The van der Waals surface area contributed by atoms with Crippen molar-refractivity contribution in [3.63, 3.8) is 0 Å². The molecule has 3 atom stereocenters. The van der Waals surface area contributed by atoms with Crippen LogP contribution in [0, 0.1) is 0 Å². The van der Waals surface area contributed by atoms with Crippen LogP contribution < -0.4 is 10.6 Å². The van der Waals surface area contributed by atoms with Crippen LogP contribution in [-0.2, 0) is 23.8 Å². The highest BCUT2D eigenvalue weighted by atomic mass is 16.5. The third kappa shape index (κ3) is 5.63. The second-order valence-electron chi connectivity index (χ2n) is 8.69. The fourth-order valence-corrected chi connectivity index (χ4v) is 4.75. The Morgan fingerprint density at radius 2 is 1.74 bits per heavy atom. The van der Waals surface area contributed by atoms with E-state index in [1.165, 1.54) is 0 Å². The average Bonchev–Trinajstić information content (AvgIpc) is 3.45. The smallest absolute Gasteiger partial charge is 0.407 e. The van der Waals surface area contributed by atoms with Crippen molar-refractivity contribution in [2.75, 3.05) is 26.9 Å². The van der Waals surface area contributed by atoms with Crippen LogP contribution in [0.3, 0.4) is 0 Å². The van der Waals surface area contributed by atoms with E-state index in [0.29, 0.717) is 25.9 Å². The number of hydrogen-bond acceptors (Lipinski definition) is 6. The average molecular weight is 483 g/mol. The molecule has 1 unspecified atom stereocenters. The van der Waals surface area contributed by atoms with Gasteiger partial charge in [-0.25, -0.2) is 9.59 Å². The molecular formula is C26H30N2O7. The third-order valence-corrected chi connectivity index (χ3v) is 6.46. The minimum atomic E-state index is -1.13. The minimum Gasteiger partial charge on any atom is -0.479 e.